The highest BCUT2D eigenvalue weighted by molar-refractivity contribution is 5.91. The first kappa shape index (κ1) is 17.3. The minimum Gasteiger partial charge on any atom is -0.426 e. The number of urea groups is 1. The number of benzene rings is 1. The number of nitrogens with two attached hydrogens (primary N) is 1. The lowest BCUT2D eigenvalue weighted by atomic mass is 10.3. The van der Waals surface area contributed by atoms with Crippen molar-refractivity contribution in [3.63, 3.8) is 0 Å². The zero-order valence-corrected chi connectivity index (χ0v) is 12.7. The predicted octanol–water partition coefficient (Wildman–Crippen LogP) is 2.10. The van der Waals surface area contributed by atoms with Crippen LogP contribution in [0.4, 0.5) is 9.18 Å². The smallest absolute Gasteiger partial charge is 0.338 e. The van der Waals surface area contributed by atoms with Crippen molar-refractivity contribution in [3.8, 4) is 11.7 Å². The first-order chi connectivity index (χ1) is 11.4. The van der Waals surface area contributed by atoms with Crippen LogP contribution in [0, 0.1) is 5.82 Å². The number of primary amides is 1. The molecule has 0 radical (unpaired) electrons. The monoisotopic (exact) mass is 337 g/mol. The zero-order chi connectivity index (χ0) is 17.7. The van der Waals surface area contributed by atoms with E-state index in [-0.39, 0.29) is 18.3 Å². The van der Waals surface area contributed by atoms with Gasteiger partial charge in [0.05, 0.1) is 6.04 Å². The van der Waals surface area contributed by atoms with E-state index in [0.717, 1.165) is 0 Å². The van der Waals surface area contributed by atoms with Crippen molar-refractivity contribution in [1.82, 2.24) is 10.4 Å². The Kier molecular flexibility index (Phi) is 5.38. The average molecular weight is 337 g/mol. The van der Waals surface area contributed by atoms with Crippen molar-refractivity contribution in [3.05, 3.63) is 48.0 Å². The molecule has 1 aromatic heterocycles. The molecular formula is C15H16FN3O5. The number of carbonyl (C=O) groups is 2. The number of rotatable bonds is 6. The summed E-state index contributed by atoms with van der Waals surface area (Å²) in [7, 11) is 0. The SMILES string of the molecule is C[C@@H](CNC(=O)c1ccc(Oc2ccc(F)cc2)o1)N(O)C(N)=O. The summed E-state index contributed by atoms with van der Waals surface area (Å²) in [6.45, 7) is 1.46. The number of carbonyl (C=O) groups excluding carboxylic acids is 2. The lowest BCUT2D eigenvalue weighted by molar-refractivity contribution is -0.0682. The molecule has 0 unspecified atom stereocenters. The van der Waals surface area contributed by atoms with Gasteiger partial charge in [0.1, 0.15) is 11.6 Å². The minimum absolute atomic E-state index is 0.0251. The molecule has 2 aromatic rings. The normalized spacial score (nSPS) is 11.6. The topological polar surface area (TPSA) is 118 Å². The summed E-state index contributed by atoms with van der Waals surface area (Å²) < 4.78 is 23.4. The largest absolute Gasteiger partial charge is 0.426 e. The number of nitrogens with one attached hydrogen (secondary N) is 1. The third-order valence-corrected chi connectivity index (χ3v) is 3.04. The van der Waals surface area contributed by atoms with E-state index in [9.17, 15) is 19.2 Å². The van der Waals surface area contributed by atoms with Crippen LogP contribution in [-0.4, -0.2) is 34.8 Å². The second-order valence-electron chi connectivity index (χ2n) is 4.92. The number of ether oxygens (including phenoxy) is 1. The van der Waals surface area contributed by atoms with Crippen LogP contribution in [0.3, 0.4) is 0 Å². The van der Waals surface area contributed by atoms with Crippen molar-refractivity contribution in [2.24, 2.45) is 5.73 Å². The van der Waals surface area contributed by atoms with Gasteiger partial charge in [-0.3, -0.25) is 10.0 Å². The summed E-state index contributed by atoms with van der Waals surface area (Å²) in [5.41, 5.74) is 4.91. The number of hydroxylamine groups is 2. The zero-order valence-electron chi connectivity index (χ0n) is 12.7. The van der Waals surface area contributed by atoms with Crippen molar-refractivity contribution >= 4 is 11.9 Å². The number of halogens is 1. The van der Waals surface area contributed by atoms with Crippen molar-refractivity contribution in [2.45, 2.75) is 13.0 Å². The van der Waals surface area contributed by atoms with Gasteiger partial charge in [-0.2, -0.15) is 0 Å². The van der Waals surface area contributed by atoms with Gasteiger partial charge in [0, 0.05) is 12.6 Å². The molecule has 1 aromatic carbocycles. The molecular weight excluding hydrogens is 321 g/mol. The quantitative estimate of drug-likeness (QED) is 0.551. The molecule has 1 atom stereocenters. The van der Waals surface area contributed by atoms with Gasteiger partial charge in [0.2, 0.25) is 0 Å². The maximum Gasteiger partial charge on any atom is 0.338 e. The third kappa shape index (κ3) is 4.46. The van der Waals surface area contributed by atoms with Gasteiger partial charge in [-0.25, -0.2) is 14.2 Å². The molecule has 1 heterocycles. The summed E-state index contributed by atoms with van der Waals surface area (Å²) in [5.74, 6) is -0.578. The first-order valence-electron chi connectivity index (χ1n) is 6.96. The molecule has 128 valence electrons. The molecule has 0 saturated carbocycles. The van der Waals surface area contributed by atoms with E-state index < -0.39 is 23.8 Å². The summed E-state index contributed by atoms with van der Waals surface area (Å²) >= 11 is 0. The summed E-state index contributed by atoms with van der Waals surface area (Å²) in [6, 6.07) is 6.38. The predicted molar refractivity (Wildman–Crippen MR) is 80.2 cm³/mol. The molecule has 4 N–H and O–H groups in total. The number of amides is 3. The second-order valence-corrected chi connectivity index (χ2v) is 4.92. The standard InChI is InChI=1S/C15H16FN3O5/c1-9(19(22)15(17)21)8-18-14(20)12-6-7-13(24-12)23-11-4-2-10(16)3-5-11/h2-7,9,22H,8H2,1H3,(H2,17,21)(H,18,20)/t9-/m0/s1. The van der Waals surface area contributed by atoms with E-state index in [1.807, 2.05) is 0 Å². The molecule has 0 aliphatic carbocycles. The highest BCUT2D eigenvalue weighted by Crippen LogP contribution is 2.23. The molecule has 0 saturated heterocycles. The maximum atomic E-state index is 12.8. The lowest BCUT2D eigenvalue weighted by Crippen LogP contribution is -2.45. The number of hydrogen-bond donors (Lipinski definition) is 3. The summed E-state index contributed by atoms with van der Waals surface area (Å²) in [5, 5.41) is 12.1. The minimum atomic E-state index is -1.02. The van der Waals surface area contributed by atoms with Gasteiger partial charge < -0.3 is 20.2 Å². The van der Waals surface area contributed by atoms with Crippen LogP contribution in [0.15, 0.2) is 40.8 Å². The Balaban J connectivity index is 1.91. The van der Waals surface area contributed by atoms with Crippen LogP contribution in [0.2, 0.25) is 0 Å². The van der Waals surface area contributed by atoms with Gasteiger partial charge in [-0.15, -0.1) is 0 Å². The van der Waals surface area contributed by atoms with Crippen LogP contribution >= 0.6 is 0 Å². The Labute approximate surface area is 136 Å². The molecule has 9 heteroatoms. The Morgan fingerprint density at radius 2 is 2.00 bits per heavy atom. The van der Waals surface area contributed by atoms with Gasteiger partial charge in [-0.05, 0) is 37.3 Å². The fraction of sp³-hybridized carbons (Fsp3) is 0.200. The Morgan fingerprint density at radius 1 is 1.33 bits per heavy atom. The van der Waals surface area contributed by atoms with Crippen molar-refractivity contribution in [1.29, 1.82) is 0 Å². The number of hydrogen-bond acceptors (Lipinski definition) is 5. The molecule has 0 aliphatic rings. The van der Waals surface area contributed by atoms with E-state index >= 15 is 0 Å². The lowest BCUT2D eigenvalue weighted by Gasteiger charge is -2.20. The van der Waals surface area contributed by atoms with Gasteiger partial charge in [-0.1, -0.05) is 0 Å². The Hall–Kier alpha value is -3.07. The highest BCUT2D eigenvalue weighted by atomic mass is 19.1. The molecule has 24 heavy (non-hydrogen) atoms. The van der Waals surface area contributed by atoms with Crippen LogP contribution < -0.4 is 15.8 Å². The van der Waals surface area contributed by atoms with Crippen LogP contribution in [0.25, 0.3) is 0 Å². The molecule has 0 aliphatic heterocycles. The van der Waals surface area contributed by atoms with Gasteiger partial charge in [0.25, 0.3) is 11.9 Å². The molecule has 8 nitrogen and oxygen atoms in total. The molecule has 2 rings (SSSR count). The van der Waals surface area contributed by atoms with Crippen LogP contribution in [-0.2, 0) is 0 Å². The second kappa shape index (κ2) is 7.47. The van der Waals surface area contributed by atoms with E-state index in [0.29, 0.717) is 10.8 Å². The maximum absolute atomic E-state index is 12.8. The van der Waals surface area contributed by atoms with E-state index in [4.69, 9.17) is 14.9 Å². The Bertz CT molecular complexity index is 716. The van der Waals surface area contributed by atoms with E-state index in [1.165, 1.54) is 43.3 Å². The van der Waals surface area contributed by atoms with Crippen molar-refractivity contribution in [2.75, 3.05) is 6.54 Å². The van der Waals surface area contributed by atoms with Gasteiger partial charge in [0.15, 0.2) is 5.76 Å². The number of nitrogens with zero attached hydrogens (tertiary/aromatic N) is 1. The fourth-order valence-corrected chi connectivity index (χ4v) is 1.75. The van der Waals surface area contributed by atoms with Crippen LogP contribution in [0.1, 0.15) is 17.5 Å². The van der Waals surface area contributed by atoms with E-state index in [1.54, 1.807) is 0 Å². The van der Waals surface area contributed by atoms with Crippen LogP contribution in [0.5, 0.6) is 11.7 Å². The van der Waals surface area contributed by atoms with E-state index in [2.05, 4.69) is 5.32 Å². The summed E-state index contributed by atoms with van der Waals surface area (Å²) in [4.78, 5) is 22.7. The number of furan rings is 1. The summed E-state index contributed by atoms with van der Waals surface area (Å²) in [6.07, 6.45) is 0. The molecule has 0 spiro atoms. The third-order valence-electron chi connectivity index (χ3n) is 3.04. The Morgan fingerprint density at radius 3 is 2.62 bits per heavy atom. The highest BCUT2D eigenvalue weighted by Gasteiger charge is 2.18. The average Bonchev–Trinajstić information content (AvgIpc) is 3.02. The fourth-order valence-electron chi connectivity index (χ4n) is 1.75. The van der Waals surface area contributed by atoms with Gasteiger partial charge >= 0.3 is 6.03 Å². The first-order valence-corrected chi connectivity index (χ1v) is 6.96. The molecule has 0 fully saturated rings. The van der Waals surface area contributed by atoms with Crippen molar-refractivity contribution < 1.29 is 28.3 Å². The molecule has 3 amide bonds. The molecule has 0 bridgehead atoms.